The van der Waals surface area contributed by atoms with Crippen LogP contribution in [0.1, 0.15) is 32.8 Å². The first kappa shape index (κ1) is 13.2. The van der Waals surface area contributed by atoms with E-state index in [0.29, 0.717) is 12.0 Å². The zero-order valence-corrected chi connectivity index (χ0v) is 11.5. The molecule has 18 heavy (non-hydrogen) atoms. The standard InChI is InChI=1S/C15H23NO2/c1-11(2)12(3)16-10-13-5-6-14-15(9-13)18-8-4-7-17-14/h5-6,9,11-12,16H,4,7-8,10H2,1-3H3. The SMILES string of the molecule is CC(C)C(C)NCc1ccc2c(c1)OCCCO2. The van der Waals surface area contributed by atoms with Crippen molar-refractivity contribution in [3.8, 4) is 11.5 Å². The van der Waals surface area contributed by atoms with Gasteiger partial charge in [-0.25, -0.2) is 0 Å². The predicted molar refractivity (Wildman–Crippen MR) is 73.2 cm³/mol. The molecule has 0 fully saturated rings. The summed E-state index contributed by atoms with van der Waals surface area (Å²) >= 11 is 0. The van der Waals surface area contributed by atoms with Crippen LogP contribution in [0.4, 0.5) is 0 Å². The molecule has 2 rings (SSSR count). The molecule has 0 saturated carbocycles. The lowest BCUT2D eigenvalue weighted by atomic mass is 10.1. The van der Waals surface area contributed by atoms with Crippen LogP contribution in [0, 0.1) is 5.92 Å². The fourth-order valence-corrected chi connectivity index (χ4v) is 1.83. The van der Waals surface area contributed by atoms with Gasteiger partial charge < -0.3 is 14.8 Å². The minimum absolute atomic E-state index is 0.515. The minimum Gasteiger partial charge on any atom is -0.490 e. The van der Waals surface area contributed by atoms with Crippen molar-refractivity contribution in [2.75, 3.05) is 13.2 Å². The van der Waals surface area contributed by atoms with Gasteiger partial charge in [0.1, 0.15) is 0 Å². The van der Waals surface area contributed by atoms with E-state index in [2.05, 4.69) is 38.2 Å². The van der Waals surface area contributed by atoms with E-state index in [9.17, 15) is 0 Å². The maximum absolute atomic E-state index is 5.69. The fraction of sp³-hybridized carbons (Fsp3) is 0.600. The molecule has 0 saturated heterocycles. The third-order valence-electron chi connectivity index (χ3n) is 3.44. The Morgan fingerprint density at radius 1 is 1.11 bits per heavy atom. The summed E-state index contributed by atoms with van der Waals surface area (Å²) in [6.45, 7) is 9.03. The molecule has 0 spiro atoms. The van der Waals surface area contributed by atoms with Crippen molar-refractivity contribution in [2.24, 2.45) is 5.92 Å². The van der Waals surface area contributed by atoms with E-state index in [4.69, 9.17) is 9.47 Å². The lowest BCUT2D eigenvalue weighted by Gasteiger charge is -2.18. The van der Waals surface area contributed by atoms with Gasteiger partial charge in [0.25, 0.3) is 0 Å². The second-order valence-corrected chi connectivity index (χ2v) is 5.25. The number of nitrogens with one attached hydrogen (secondary N) is 1. The number of fused-ring (bicyclic) bond motifs is 1. The van der Waals surface area contributed by atoms with E-state index in [1.165, 1.54) is 5.56 Å². The van der Waals surface area contributed by atoms with Gasteiger partial charge in [-0.3, -0.25) is 0 Å². The van der Waals surface area contributed by atoms with Gasteiger partial charge >= 0.3 is 0 Å². The van der Waals surface area contributed by atoms with Crippen molar-refractivity contribution in [1.29, 1.82) is 0 Å². The first-order valence-electron chi connectivity index (χ1n) is 6.78. The normalized spacial score (nSPS) is 16.4. The van der Waals surface area contributed by atoms with E-state index in [-0.39, 0.29) is 0 Å². The number of hydrogen-bond donors (Lipinski definition) is 1. The third-order valence-corrected chi connectivity index (χ3v) is 3.44. The summed E-state index contributed by atoms with van der Waals surface area (Å²) < 4.78 is 11.3. The topological polar surface area (TPSA) is 30.5 Å². The van der Waals surface area contributed by atoms with E-state index < -0.39 is 0 Å². The summed E-state index contributed by atoms with van der Waals surface area (Å²) in [5.41, 5.74) is 1.24. The van der Waals surface area contributed by atoms with Gasteiger partial charge in [0.15, 0.2) is 11.5 Å². The van der Waals surface area contributed by atoms with Crippen LogP contribution >= 0.6 is 0 Å². The van der Waals surface area contributed by atoms with Crippen molar-refractivity contribution in [1.82, 2.24) is 5.32 Å². The van der Waals surface area contributed by atoms with Crippen LogP contribution in [0.5, 0.6) is 11.5 Å². The second-order valence-electron chi connectivity index (χ2n) is 5.25. The molecule has 0 aromatic heterocycles. The van der Waals surface area contributed by atoms with Crippen LogP contribution in [0.2, 0.25) is 0 Å². The molecule has 0 radical (unpaired) electrons. The molecule has 1 aromatic rings. The third kappa shape index (κ3) is 3.39. The molecule has 0 amide bonds. The lowest BCUT2D eigenvalue weighted by Crippen LogP contribution is -2.30. The molecule has 1 aliphatic heterocycles. The minimum atomic E-state index is 0.515. The quantitative estimate of drug-likeness (QED) is 0.890. The summed E-state index contributed by atoms with van der Waals surface area (Å²) in [6, 6.07) is 6.72. The Hall–Kier alpha value is -1.22. The van der Waals surface area contributed by atoms with Crippen LogP contribution in [0.3, 0.4) is 0 Å². The summed E-state index contributed by atoms with van der Waals surface area (Å²) in [6.07, 6.45) is 0.951. The molecule has 1 aliphatic rings. The second kappa shape index (κ2) is 6.10. The van der Waals surface area contributed by atoms with Gasteiger partial charge in [-0.15, -0.1) is 0 Å². The number of rotatable bonds is 4. The molecule has 1 N–H and O–H groups in total. The molecular weight excluding hydrogens is 226 g/mol. The van der Waals surface area contributed by atoms with Crippen LogP contribution in [-0.4, -0.2) is 19.3 Å². The van der Waals surface area contributed by atoms with Gasteiger partial charge in [-0.1, -0.05) is 19.9 Å². The first-order chi connectivity index (χ1) is 8.66. The molecule has 1 aromatic carbocycles. The maximum Gasteiger partial charge on any atom is 0.161 e. The van der Waals surface area contributed by atoms with E-state index in [1.807, 2.05) is 6.07 Å². The van der Waals surface area contributed by atoms with E-state index in [0.717, 1.165) is 37.7 Å². The zero-order valence-electron chi connectivity index (χ0n) is 11.5. The van der Waals surface area contributed by atoms with Gasteiger partial charge in [-0.2, -0.15) is 0 Å². The monoisotopic (exact) mass is 249 g/mol. The molecule has 3 nitrogen and oxygen atoms in total. The average Bonchev–Trinajstić information content (AvgIpc) is 2.60. The van der Waals surface area contributed by atoms with Crippen molar-refractivity contribution in [3.05, 3.63) is 23.8 Å². The van der Waals surface area contributed by atoms with Crippen LogP contribution in [0.15, 0.2) is 18.2 Å². The number of hydrogen-bond acceptors (Lipinski definition) is 3. The Bertz CT molecular complexity index is 390. The van der Waals surface area contributed by atoms with Gasteiger partial charge in [0, 0.05) is 19.0 Å². The smallest absolute Gasteiger partial charge is 0.161 e. The van der Waals surface area contributed by atoms with Gasteiger partial charge in [-0.05, 0) is 30.5 Å². The first-order valence-corrected chi connectivity index (χ1v) is 6.78. The molecule has 1 heterocycles. The maximum atomic E-state index is 5.69. The highest BCUT2D eigenvalue weighted by molar-refractivity contribution is 5.43. The molecule has 3 heteroatoms. The van der Waals surface area contributed by atoms with Crippen molar-refractivity contribution >= 4 is 0 Å². The summed E-state index contributed by atoms with van der Waals surface area (Å²) in [5.74, 6) is 2.39. The predicted octanol–water partition coefficient (Wildman–Crippen LogP) is 2.98. The van der Waals surface area contributed by atoms with Crippen LogP contribution < -0.4 is 14.8 Å². The van der Waals surface area contributed by atoms with E-state index >= 15 is 0 Å². The highest BCUT2D eigenvalue weighted by Crippen LogP contribution is 2.30. The summed E-state index contributed by atoms with van der Waals surface area (Å²) in [4.78, 5) is 0. The molecule has 1 unspecified atom stereocenters. The highest BCUT2D eigenvalue weighted by Gasteiger charge is 2.11. The van der Waals surface area contributed by atoms with E-state index in [1.54, 1.807) is 0 Å². The van der Waals surface area contributed by atoms with Crippen molar-refractivity contribution < 1.29 is 9.47 Å². The van der Waals surface area contributed by atoms with Crippen molar-refractivity contribution in [3.63, 3.8) is 0 Å². The molecule has 100 valence electrons. The molecule has 0 aliphatic carbocycles. The highest BCUT2D eigenvalue weighted by atomic mass is 16.5. The summed E-state index contributed by atoms with van der Waals surface area (Å²) in [5, 5.41) is 3.52. The van der Waals surface area contributed by atoms with Crippen LogP contribution in [0.25, 0.3) is 0 Å². The Balaban J connectivity index is 2.00. The number of ether oxygens (including phenoxy) is 2. The Morgan fingerprint density at radius 2 is 1.83 bits per heavy atom. The molecule has 1 atom stereocenters. The summed E-state index contributed by atoms with van der Waals surface area (Å²) in [7, 11) is 0. The largest absolute Gasteiger partial charge is 0.490 e. The Kier molecular flexibility index (Phi) is 4.48. The van der Waals surface area contributed by atoms with Crippen molar-refractivity contribution in [2.45, 2.75) is 39.8 Å². The number of benzene rings is 1. The molecule has 0 bridgehead atoms. The lowest BCUT2D eigenvalue weighted by molar-refractivity contribution is 0.297. The molecular formula is C15H23NO2. The Labute approximate surface area is 109 Å². The average molecular weight is 249 g/mol. The fourth-order valence-electron chi connectivity index (χ4n) is 1.83. The zero-order chi connectivity index (χ0) is 13.0. The van der Waals surface area contributed by atoms with Gasteiger partial charge in [0.2, 0.25) is 0 Å². The van der Waals surface area contributed by atoms with Crippen LogP contribution in [-0.2, 0) is 6.54 Å². The Morgan fingerprint density at radius 3 is 2.56 bits per heavy atom. The van der Waals surface area contributed by atoms with Gasteiger partial charge in [0.05, 0.1) is 13.2 Å².